The number of hydrogen-bond acceptors (Lipinski definition) is 6. The highest BCUT2D eigenvalue weighted by atomic mass is 16.5. The minimum Gasteiger partial charge on any atom is -0.381 e. The molecule has 0 bridgehead atoms. The van der Waals surface area contributed by atoms with E-state index >= 15 is 0 Å². The van der Waals surface area contributed by atoms with Gasteiger partial charge in [-0.3, -0.25) is 4.90 Å². The van der Waals surface area contributed by atoms with Gasteiger partial charge in [0.1, 0.15) is 5.82 Å². The van der Waals surface area contributed by atoms with Gasteiger partial charge in [-0.05, 0) is 43.5 Å². The number of benzene rings is 1. The van der Waals surface area contributed by atoms with Gasteiger partial charge in [-0.15, -0.1) is 0 Å². The highest BCUT2D eigenvalue weighted by Crippen LogP contribution is 2.27. The lowest BCUT2D eigenvalue weighted by Gasteiger charge is -2.23. The van der Waals surface area contributed by atoms with Crippen molar-refractivity contribution in [2.75, 3.05) is 44.0 Å². The van der Waals surface area contributed by atoms with Crippen LogP contribution in [0.4, 0.5) is 11.8 Å². The van der Waals surface area contributed by atoms with E-state index in [1.807, 2.05) is 0 Å². The molecule has 0 saturated carbocycles. The number of nitrogen functional groups attached to an aromatic ring is 1. The van der Waals surface area contributed by atoms with Crippen LogP contribution in [0.3, 0.4) is 0 Å². The largest absolute Gasteiger partial charge is 0.381 e. The molecule has 27 heavy (non-hydrogen) atoms. The van der Waals surface area contributed by atoms with Crippen LogP contribution in [0.1, 0.15) is 42.0 Å². The number of nitrogens with two attached hydrogens (primary N) is 1. The molecule has 6 nitrogen and oxygen atoms in total. The molecule has 1 aromatic heterocycles. The highest BCUT2D eigenvalue weighted by Gasteiger charge is 2.21. The normalized spacial score (nSPS) is 20.3. The van der Waals surface area contributed by atoms with Gasteiger partial charge in [0.05, 0.1) is 12.3 Å². The first-order valence-corrected chi connectivity index (χ1v) is 9.91. The molecular formula is C21H29N5O. The van der Waals surface area contributed by atoms with Crippen molar-refractivity contribution < 1.29 is 4.74 Å². The maximum Gasteiger partial charge on any atom is 0.222 e. The zero-order valence-electron chi connectivity index (χ0n) is 16.1. The number of aromatic nitrogens is 2. The monoisotopic (exact) mass is 367 g/mol. The third-order valence-corrected chi connectivity index (χ3v) is 5.61. The molecule has 1 atom stereocenters. The molecule has 144 valence electrons. The molecule has 1 unspecified atom stereocenters. The number of ether oxygens (including phenoxy) is 1. The van der Waals surface area contributed by atoms with E-state index in [0.29, 0.717) is 11.9 Å². The summed E-state index contributed by atoms with van der Waals surface area (Å²) in [5.41, 5.74) is 9.74. The minimum absolute atomic E-state index is 0.324. The van der Waals surface area contributed by atoms with Crippen LogP contribution < -0.4 is 10.6 Å². The predicted molar refractivity (Wildman–Crippen MR) is 108 cm³/mol. The Morgan fingerprint density at radius 2 is 1.96 bits per heavy atom. The average Bonchev–Trinajstić information content (AvgIpc) is 3.36. The van der Waals surface area contributed by atoms with Crippen molar-refractivity contribution in [3.8, 4) is 0 Å². The topological polar surface area (TPSA) is 67.5 Å². The van der Waals surface area contributed by atoms with E-state index in [-0.39, 0.29) is 0 Å². The van der Waals surface area contributed by atoms with Crippen LogP contribution in [0.15, 0.2) is 30.3 Å². The zero-order chi connectivity index (χ0) is 18.6. The fourth-order valence-corrected chi connectivity index (χ4v) is 4.03. The van der Waals surface area contributed by atoms with Gasteiger partial charge in [0.25, 0.3) is 0 Å². The fourth-order valence-electron chi connectivity index (χ4n) is 4.03. The van der Waals surface area contributed by atoms with Crippen molar-refractivity contribution in [2.45, 2.75) is 38.3 Å². The molecule has 2 aromatic rings. The van der Waals surface area contributed by atoms with Crippen molar-refractivity contribution >= 4 is 11.8 Å². The Labute approximate surface area is 161 Å². The van der Waals surface area contributed by atoms with Crippen LogP contribution in [0, 0.1) is 0 Å². The fraction of sp³-hybridized carbons (Fsp3) is 0.524. The van der Waals surface area contributed by atoms with Crippen LogP contribution in [0.5, 0.6) is 0 Å². The van der Waals surface area contributed by atoms with Gasteiger partial charge in [-0.1, -0.05) is 24.3 Å². The lowest BCUT2D eigenvalue weighted by molar-refractivity contribution is 0.193. The van der Waals surface area contributed by atoms with Crippen molar-refractivity contribution in [3.05, 3.63) is 47.2 Å². The third-order valence-electron chi connectivity index (χ3n) is 5.61. The standard InChI is InChI=1S/C21H29N5O/c1-25(20-12-19(23-21(22)24-20)18-8-11-27-15-18)13-16-6-2-3-7-17(16)14-26-9-4-5-10-26/h2-3,6-7,12,18H,4-5,8-11,13-15H2,1H3,(H2,22,23,24). The first-order chi connectivity index (χ1) is 13.2. The van der Waals surface area contributed by atoms with Gasteiger partial charge in [0.15, 0.2) is 0 Å². The summed E-state index contributed by atoms with van der Waals surface area (Å²) in [6.45, 7) is 5.77. The summed E-state index contributed by atoms with van der Waals surface area (Å²) in [7, 11) is 2.07. The molecule has 4 rings (SSSR count). The molecule has 2 fully saturated rings. The molecule has 6 heteroatoms. The Bertz CT molecular complexity index is 769. The summed E-state index contributed by atoms with van der Waals surface area (Å²) < 4.78 is 5.51. The Hall–Kier alpha value is -2.18. The van der Waals surface area contributed by atoms with E-state index in [2.05, 4.69) is 57.1 Å². The molecule has 0 aliphatic carbocycles. The average molecular weight is 367 g/mol. The van der Waals surface area contributed by atoms with Crippen LogP contribution in [0.2, 0.25) is 0 Å². The molecular weight excluding hydrogens is 338 g/mol. The molecule has 0 spiro atoms. The third kappa shape index (κ3) is 4.39. The maximum atomic E-state index is 6.00. The molecule has 1 aromatic carbocycles. The van der Waals surface area contributed by atoms with E-state index in [1.165, 1.54) is 37.1 Å². The Kier molecular flexibility index (Phi) is 5.55. The number of nitrogens with zero attached hydrogens (tertiary/aromatic N) is 4. The summed E-state index contributed by atoms with van der Waals surface area (Å²) in [4.78, 5) is 13.6. The van der Waals surface area contributed by atoms with Gasteiger partial charge in [-0.2, -0.15) is 4.98 Å². The molecule has 2 aliphatic heterocycles. The molecule has 3 heterocycles. The van der Waals surface area contributed by atoms with Gasteiger partial charge in [0, 0.05) is 38.7 Å². The molecule has 2 N–H and O–H groups in total. The lowest BCUT2D eigenvalue weighted by atomic mass is 10.0. The van der Waals surface area contributed by atoms with E-state index in [4.69, 9.17) is 10.5 Å². The minimum atomic E-state index is 0.324. The SMILES string of the molecule is CN(Cc1ccccc1CN1CCCC1)c1cc(C2CCOC2)nc(N)n1. The number of hydrogen-bond donors (Lipinski definition) is 1. The first-order valence-electron chi connectivity index (χ1n) is 9.91. The second-order valence-corrected chi connectivity index (χ2v) is 7.68. The number of likely N-dealkylation sites (tertiary alicyclic amines) is 1. The number of anilines is 2. The summed E-state index contributed by atoms with van der Waals surface area (Å²) in [6.07, 6.45) is 3.63. The second kappa shape index (κ2) is 8.23. The summed E-state index contributed by atoms with van der Waals surface area (Å²) in [5.74, 6) is 1.54. The number of rotatable bonds is 6. The lowest BCUT2D eigenvalue weighted by Crippen LogP contribution is -2.23. The van der Waals surface area contributed by atoms with Crippen molar-refractivity contribution in [1.29, 1.82) is 0 Å². The molecule has 0 amide bonds. The van der Waals surface area contributed by atoms with Gasteiger partial charge in [0.2, 0.25) is 5.95 Å². The maximum absolute atomic E-state index is 6.00. The van der Waals surface area contributed by atoms with Gasteiger partial charge in [-0.25, -0.2) is 4.98 Å². The van der Waals surface area contributed by atoms with Crippen LogP contribution in [0.25, 0.3) is 0 Å². The quantitative estimate of drug-likeness (QED) is 0.847. The Morgan fingerprint density at radius 1 is 1.19 bits per heavy atom. The molecule has 2 aliphatic rings. The van der Waals surface area contributed by atoms with E-state index in [0.717, 1.165) is 44.2 Å². The summed E-state index contributed by atoms with van der Waals surface area (Å²) in [5, 5.41) is 0. The van der Waals surface area contributed by atoms with E-state index in [1.54, 1.807) is 0 Å². The first kappa shape index (κ1) is 18.2. The van der Waals surface area contributed by atoms with Crippen molar-refractivity contribution in [3.63, 3.8) is 0 Å². The van der Waals surface area contributed by atoms with Crippen molar-refractivity contribution in [2.24, 2.45) is 0 Å². The Morgan fingerprint density at radius 3 is 2.70 bits per heavy atom. The highest BCUT2D eigenvalue weighted by molar-refractivity contribution is 5.45. The van der Waals surface area contributed by atoms with Crippen LogP contribution in [-0.2, 0) is 17.8 Å². The zero-order valence-corrected chi connectivity index (χ0v) is 16.1. The van der Waals surface area contributed by atoms with E-state index in [9.17, 15) is 0 Å². The predicted octanol–water partition coefficient (Wildman–Crippen LogP) is 2.79. The van der Waals surface area contributed by atoms with Crippen molar-refractivity contribution in [1.82, 2.24) is 14.9 Å². The summed E-state index contributed by atoms with van der Waals surface area (Å²) >= 11 is 0. The van der Waals surface area contributed by atoms with Crippen LogP contribution in [-0.4, -0.2) is 48.2 Å². The molecule has 2 saturated heterocycles. The Balaban J connectivity index is 1.51. The van der Waals surface area contributed by atoms with E-state index < -0.39 is 0 Å². The molecule has 0 radical (unpaired) electrons. The smallest absolute Gasteiger partial charge is 0.222 e. The second-order valence-electron chi connectivity index (χ2n) is 7.68. The van der Waals surface area contributed by atoms with Gasteiger partial charge >= 0.3 is 0 Å². The van der Waals surface area contributed by atoms with Gasteiger partial charge < -0.3 is 15.4 Å². The summed E-state index contributed by atoms with van der Waals surface area (Å²) in [6, 6.07) is 10.8. The van der Waals surface area contributed by atoms with Crippen LogP contribution >= 0.6 is 0 Å².